The number of alkyl halides is 2. The van der Waals surface area contributed by atoms with E-state index in [4.69, 9.17) is 10.5 Å². The molecule has 0 atom stereocenters. The van der Waals surface area contributed by atoms with Crippen LogP contribution in [0.25, 0.3) is 11.3 Å². The number of aromatic nitrogens is 2. The number of nitrogen functional groups attached to an aromatic ring is 1. The Kier molecular flexibility index (Phi) is 3.18. The fraction of sp³-hybridized carbons (Fsp3) is 0.308. The number of nitrogens with two attached hydrogens (primary N) is 1. The first-order chi connectivity index (χ1) is 8.82. The highest BCUT2D eigenvalue weighted by atomic mass is 19.3. The maximum atomic E-state index is 13.4. The number of ether oxygens (including phenoxy) is 1. The summed E-state index contributed by atoms with van der Waals surface area (Å²) in [6.45, 7) is 0.853. The van der Waals surface area contributed by atoms with Gasteiger partial charge >= 0.3 is 0 Å². The molecule has 1 heterocycles. The summed E-state index contributed by atoms with van der Waals surface area (Å²) >= 11 is 0. The van der Waals surface area contributed by atoms with E-state index in [-0.39, 0.29) is 5.56 Å². The van der Waals surface area contributed by atoms with E-state index in [1.807, 2.05) is 0 Å². The van der Waals surface area contributed by atoms with E-state index in [2.05, 4.69) is 5.10 Å². The lowest BCUT2D eigenvalue weighted by Gasteiger charge is -2.13. The van der Waals surface area contributed by atoms with Gasteiger partial charge in [0.15, 0.2) is 0 Å². The van der Waals surface area contributed by atoms with Crippen LogP contribution in [0.1, 0.15) is 12.5 Å². The Morgan fingerprint density at radius 2 is 2.00 bits per heavy atom. The zero-order valence-corrected chi connectivity index (χ0v) is 10.9. The largest absolute Gasteiger partial charge is 0.496 e. The van der Waals surface area contributed by atoms with Gasteiger partial charge in [-0.3, -0.25) is 4.68 Å². The summed E-state index contributed by atoms with van der Waals surface area (Å²) in [5.74, 6) is -1.99. The van der Waals surface area contributed by atoms with Crippen molar-refractivity contribution in [1.29, 1.82) is 0 Å². The molecule has 0 fully saturated rings. The van der Waals surface area contributed by atoms with E-state index in [9.17, 15) is 8.78 Å². The van der Waals surface area contributed by atoms with Gasteiger partial charge in [0.05, 0.1) is 12.8 Å². The third kappa shape index (κ3) is 2.52. The standard InChI is InChI=1S/C13H15F2N3O/c1-13(14,15)8-4-5-11(19-3)9(6-8)10-7-12(16)18(2)17-10/h4-7H,16H2,1-3H3. The average molecular weight is 267 g/mol. The summed E-state index contributed by atoms with van der Waals surface area (Å²) in [4.78, 5) is 0. The van der Waals surface area contributed by atoms with Gasteiger partial charge in [-0.25, -0.2) is 8.78 Å². The number of anilines is 1. The minimum absolute atomic E-state index is 0.0903. The molecule has 0 bridgehead atoms. The Bertz CT molecular complexity index is 583. The molecule has 4 nitrogen and oxygen atoms in total. The van der Waals surface area contributed by atoms with Gasteiger partial charge < -0.3 is 10.5 Å². The maximum Gasteiger partial charge on any atom is 0.270 e. The molecule has 0 spiro atoms. The van der Waals surface area contributed by atoms with Crippen LogP contribution < -0.4 is 10.5 Å². The van der Waals surface area contributed by atoms with Gasteiger partial charge in [0.25, 0.3) is 5.92 Å². The summed E-state index contributed by atoms with van der Waals surface area (Å²) in [5, 5.41) is 4.18. The number of benzene rings is 1. The van der Waals surface area contributed by atoms with Crippen LogP contribution in [0, 0.1) is 0 Å². The topological polar surface area (TPSA) is 53.1 Å². The molecule has 2 N–H and O–H groups in total. The second-order valence-electron chi connectivity index (χ2n) is 4.38. The van der Waals surface area contributed by atoms with E-state index in [0.29, 0.717) is 22.8 Å². The molecule has 0 saturated carbocycles. The number of hydrogen-bond acceptors (Lipinski definition) is 3. The molecule has 0 aliphatic heterocycles. The van der Waals surface area contributed by atoms with Gasteiger partial charge in [0, 0.05) is 31.2 Å². The predicted octanol–water partition coefficient (Wildman–Crippen LogP) is 2.79. The van der Waals surface area contributed by atoms with Gasteiger partial charge in [-0.1, -0.05) is 0 Å². The molecule has 19 heavy (non-hydrogen) atoms. The van der Waals surface area contributed by atoms with Gasteiger partial charge in [0.1, 0.15) is 11.6 Å². The molecule has 6 heteroatoms. The molecule has 2 rings (SSSR count). The van der Waals surface area contributed by atoms with E-state index in [0.717, 1.165) is 6.92 Å². The monoisotopic (exact) mass is 267 g/mol. The van der Waals surface area contributed by atoms with Crippen LogP contribution in [0.15, 0.2) is 24.3 Å². The van der Waals surface area contributed by atoms with Crippen LogP contribution >= 0.6 is 0 Å². The Morgan fingerprint density at radius 3 is 2.47 bits per heavy atom. The van der Waals surface area contributed by atoms with Gasteiger partial charge in [0.2, 0.25) is 0 Å². The summed E-state index contributed by atoms with van der Waals surface area (Å²) in [6.07, 6.45) is 0. The Morgan fingerprint density at radius 1 is 1.32 bits per heavy atom. The minimum Gasteiger partial charge on any atom is -0.496 e. The molecule has 1 aromatic heterocycles. The first-order valence-corrected chi connectivity index (χ1v) is 5.69. The van der Waals surface area contributed by atoms with Crippen LogP contribution in [-0.2, 0) is 13.0 Å². The molecule has 0 radical (unpaired) electrons. The molecule has 0 aliphatic rings. The molecular weight excluding hydrogens is 252 g/mol. The van der Waals surface area contributed by atoms with Gasteiger partial charge in [-0.2, -0.15) is 5.10 Å². The highest BCUT2D eigenvalue weighted by molar-refractivity contribution is 5.70. The van der Waals surface area contributed by atoms with Crippen molar-refractivity contribution in [1.82, 2.24) is 9.78 Å². The van der Waals surface area contributed by atoms with Crippen molar-refractivity contribution in [3.05, 3.63) is 29.8 Å². The van der Waals surface area contributed by atoms with Crippen molar-refractivity contribution in [2.75, 3.05) is 12.8 Å². The lowest BCUT2D eigenvalue weighted by molar-refractivity contribution is 0.0175. The number of hydrogen-bond donors (Lipinski definition) is 1. The van der Waals surface area contributed by atoms with Crippen molar-refractivity contribution in [2.45, 2.75) is 12.8 Å². The minimum atomic E-state index is -2.92. The van der Waals surface area contributed by atoms with E-state index in [1.165, 1.54) is 30.0 Å². The van der Waals surface area contributed by atoms with Crippen molar-refractivity contribution in [3.8, 4) is 17.0 Å². The summed E-state index contributed by atoms with van der Waals surface area (Å²) in [7, 11) is 3.17. The third-order valence-corrected chi connectivity index (χ3v) is 2.90. The Hall–Kier alpha value is -2.11. The molecule has 0 amide bonds. The lowest BCUT2D eigenvalue weighted by Crippen LogP contribution is -2.07. The number of halogens is 2. The fourth-order valence-electron chi connectivity index (χ4n) is 1.79. The first-order valence-electron chi connectivity index (χ1n) is 5.69. The molecule has 0 aliphatic carbocycles. The van der Waals surface area contributed by atoms with Crippen molar-refractivity contribution < 1.29 is 13.5 Å². The first kappa shape index (κ1) is 13.3. The maximum absolute atomic E-state index is 13.4. The number of nitrogens with zero attached hydrogens (tertiary/aromatic N) is 2. The van der Waals surface area contributed by atoms with Crippen molar-refractivity contribution in [2.24, 2.45) is 7.05 Å². The van der Waals surface area contributed by atoms with Crippen molar-refractivity contribution >= 4 is 5.82 Å². The van der Waals surface area contributed by atoms with Crippen LogP contribution in [0.3, 0.4) is 0 Å². The number of rotatable bonds is 3. The number of aryl methyl sites for hydroxylation is 1. The van der Waals surface area contributed by atoms with E-state index < -0.39 is 5.92 Å². The quantitative estimate of drug-likeness (QED) is 0.930. The lowest BCUT2D eigenvalue weighted by atomic mass is 10.0. The van der Waals surface area contributed by atoms with E-state index >= 15 is 0 Å². The van der Waals surface area contributed by atoms with E-state index in [1.54, 1.807) is 13.1 Å². The van der Waals surface area contributed by atoms with Crippen LogP contribution in [0.2, 0.25) is 0 Å². The normalized spacial score (nSPS) is 11.6. The van der Waals surface area contributed by atoms with Gasteiger partial charge in [-0.15, -0.1) is 0 Å². The van der Waals surface area contributed by atoms with Crippen molar-refractivity contribution in [3.63, 3.8) is 0 Å². The molecule has 0 unspecified atom stereocenters. The Balaban J connectivity index is 2.59. The van der Waals surface area contributed by atoms with Gasteiger partial charge in [-0.05, 0) is 18.2 Å². The summed E-state index contributed by atoms with van der Waals surface area (Å²) < 4.78 is 33.4. The zero-order chi connectivity index (χ0) is 14.2. The average Bonchev–Trinajstić information content (AvgIpc) is 2.67. The molecule has 2 aromatic rings. The van der Waals surface area contributed by atoms with Crippen LogP contribution in [0.4, 0.5) is 14.6 Å². The third-order valence-electron chi connectivity index (χ3n) is 2.90. The fourth-order valence-corrected chi connectivity index (χ4v) is 1.79. The predicted molar refractivity (Wildman–Crippen MR) is 69.2 cm³/mol. The molecule has 102 valence electrons. The highest BCUT2D eigenvalue weighted by Crippen LogP contribution is 2.36. The Labute approximate surface area is 109 Å². The zero-order valence-electron chi connectivity index (χ0n) is 10.9. The second-order valence-corrected chi connectivity index (χ2v) is 4.38. The van der Waals surface area contributed by atoms with Crippen LogP contribution in [0.5, 0.6) is 5.75 Å². The van der Waals surface area contributed by atoms with Crippen LogP contribution in [-0.4, -0.2) is 16.9 Å². The smallest absolute Gasteiger partial charge is 0.270 e. The molecule has 1 aromatic carbocycles. The SMILES string of the molecule is COc1ccc(C(C)(F)F)cc1-c1cc(N)n(C)n1. The summed E-state index contributed by atoms with van der Waals surface area (Å²) in [5.41, 5.74) is 6.61. The summed E-state index contributed by atoms with van der Waals surface area (Å²) in [6, 6.07) is 5.84. The molecule has 0 saturated heterocycles. The number of methoxy groups -OCH3 is 1. The molecular formula is C13H15F2N3O. The highest BCUT2D eigenvalue weighted by Gasteiger charge is 2.26. The second kappa shape index (κ2) is 4.53.